The van der Waals surface area contributed by atoms with Gasteiger partial charge in [-0.25, -0.2) is 4.79 Å². The third-order valence-corrected chi connectivity index (χ3v) is 3.75. The highest BCUT2D eigenvalue weighted by molar-refractivity contribution is 6.03. The average Bonchev–Trinajstić information content (AvgIpc) is 2.61. The SMILES string of the molecule is CCCC(=O)C(OC(=O)C(c1ccccc1)c1ccccc1)C(=O)O. The smallest absolute Gasteiger partial charge is 0.352 e. The van der Waals surface area contributed by atoms with Gasteiger partial charge in [-0.15, -0.1) is 0 Å². The molecule has 130 valence electrons. The predicted molar refractivity (Wildman–Crippen MR) is 92.2 cm³/mol. The largest absolute Gasteiger partial charge is 0.478 e. The average molecular weight is 340 g/mol. The van der Waals surface area contributed by atoms with Gasteiger partial charge in [-0.1, -0.05) is 67.6 Å². The molecule has 0 aliphatic heterocycles. The van der Waals surface area contributed by atoms with E-state index in [9.17, 15) is 19.5 Å². The molecule has 1 N–H and O–H groups in total. The second-order valence-electron chi connectivity index (χ2n) is 5.63. The van der Waals surface area contributed by atoms with Crippen LogP contribution in [0.4, 0.5) is 0 Å². The monoisotopic (exact) mass is 340 g/mol. The quantitative estimate of drug-likeness (QED) is 0.590. The first kappa shape index (κ1) is 18.4. The summed E-state index contributed by atoms with van der Waals surface area (Å²) in [5, 5.41) is 9.24. The zero-order valence-electron chi connectivity index (χ0n) is 13.9. The van der Waals surface area contributed by atoms with Crippen LogP contribution in [0.25, 0.3) is 0 Å². The fourth-order valence-electron chi connectivity index (χ4n) is 2.57. The van der Waals surface area contributed by atoms with Gasteiger partial charge in [-0.2, -0.15) is 0 Å². The van der Waals surface area contributed by atoms with Gasteiger partial charge in [0.05, 0.1) is 0 Å². The number of ether oxygens (including phenoxy) is 1. The lowest BCUT2D eigenvalue weighted by Crippen LogP contribution is -2.36. The summed E-state index contributed by atoms with van der Waals surface area (Å²) in [6.07, 6.45) is -1.24. The molecule has 0 bridgehead atoms. The zero-order valence-corrected chi connectivity index (χ0v) is 13.9. The number of Topliss-reactive ketones (excluding diaryl/α,β-unsaturated/α-hetero) is 1. The Labute approximate surface area is 146 Å². The lowest BCUT2D eigenvalue weighted by molar-refractivity contribution is -0.168. The van der Waals surface area contributed by atoms with Crippen molar-refractivity contribution < 1.29 is 24.2 Å². The fraction of sp³-hybridized carbons (Fsp3) is 0.250. The molecule has 0 fully saturated rings. The van der Waals surface area contributed by atoms with Gasteiger partial charge in [0, 0.05) is 6.42 Å². The molecule has 0 radical (unpaired) electrons. The van der Waals surface area contributed by atoms with Crippen molar-refractivity contribution in [2.45, 2.75) is 31.8 Å². The van der Waals surface area contributed by atoms with Crippen LogP contribution in [0.2, 0.25) is 0 Å². The van der Waals surface area contributed by atoms with Crippen LogP contribution in [-0.2, 0) is 19.1 Å². The predicted octanol–water partition coefficient (Wildman–Crippen LogP) is 3.18. The van der Waals surface area contributed by atoms with Gasteiger partial charge in [-0.3, -0.25) is 9.59 Å². The number of ketones is 1. The maximum Gasteiger partial charge on any atom is 0.352 e. The Hall–Kier alpha value is -2.95. The number of aliphatic carboxylic acids is 1. The Balaban J connectivity index is 2.32. The van der Waals surface area contributed by atoms with Crippen LogP contribution in [0.3, 0.4) is 0 Å². The van der Waals surface area contributed by atoms with E-state index in [1.807, 2.05) is 12.1 Å². The van der Waals surface area contributed by atoms with Crippen molar-refractivity contribution >= 4 is 17.7 Å². The van der Waals surface area contributed by atoms with Crippen molar-refractivity contribution in [2.75, 3.05) is 0 Å². The lowest BCUT2D eigenvalue weighted by Gasteiger charge is -2.19. The molecular formula is C20H20O5. The molecule has 25 heavy (non-hydrogen) atoms. The third-order valence-electron chi connectivity index (χ3n) is 3.75. The number of hydrogen-bond acceptors (Lipinski definition) is 4. The summed E-state index contributed by atoms with van der Waals surface area (Å²) >= 11 is 0. The molecule has 0 saturated carbocycles. The highest BCUT2D eigenvalue weighted by Gasteiger charge is 2.33. The first-order chi connectivity index (χ1) is 12.0. The first-order valence-corrected chi connectivity index (χ1v) is 8.10. The molecule has 0 aromatic heterocycles. The molecule has 0 saturated heterocycles. The summed E-state index contributed by atoms with van der Waals surface area (Å²) in [6, 6.07) is 17.9. The van der Waals surface area contributed by atoms with Gasteiger partial charge in [0.25, 0.3) is 6.10 Å². The molecule has 0 amide bonds. The summed E-state index contributed by atoms with van der Waals surface area (Å²) in [4.78, 5) is 36.0. The van der Waals surface area contributed by atoms with Gasteiger partial charge in [0.15, 0.2) is 5.78 Å². The van der Waals surface area contributed by atoms with Crippen LogP contribution < -0.4 is 0 Å². The van der Waals surface area contributed by atoms with Crippen LogP contribution >= 0.6 is 0 Å². The standard InChI is InChI=1S/C20H20O5/c1-2-9-16(21)18(19(22)23)25-20(24)17(14-10-5-3-6-11-14)15-12-7-4-8-13-15/h3-8,10-13,17-18H,2,9H2,1H3,(H,22,23). The van der Waals surface area contributed by atoms with Gasteiger partial charge in [-0.05, 0) is 17.5 Å². The van der Waals surface area contributed by atoms with Crippen molar-refractivity contribution in [3.05, 3.63) is 71.8 Å². The number of rotatable bonds is 8. The molecule has 0 spiro atoms. The van der Waals surface area contributed by atoms with Crippen LogP contribution in [-0.4, -0.2) is 28.9 Å². The van der Waals surface area contributed by atoms with Crippen molar-refractivity contribution in [1.82, 2.24) is 0 Å². The maximum absolute atomic E-state index is 12.7. The van der Waals surface area contributed by atoms with Gasteiger partial charge in [0.2, 0.25) is 0 Å². The van der Waals surface area contributed by atoms with E-state index in [1.165, 1.54) is 0 Å². The van der Waals surface area contributed by atoms with Crippen molar-refractivity contribution in [2.24, 2.45) is 0 Å². The Kier molecular flexibility index (Phi) is 6.46. The van der Waals surface area contributed by atoms with Crippen molar-refractivity contribution in [3.8, 4) is 0 Å². The van der Waals surface area contributed by atoms with Crippen LogP contribution in [0.5, 0.6) is 0 Å². The first-order valence-electron chi connectivity index (χ1n) is 8.10. The second kappa shape index (κ2) is 8.78. The van der Waals surface area contributed by atoms with Crippen LogP contribution in [0.1, 0.15) is 36.8 Å². The highest BCUT2D eigenvalue weighted by atomic mass is 16.6. The number of carboxylic acids is 1. The molecule has 1 atom stereocenters. The minimum Gasteiger partial charge on any atom is -0.478 e. The molecule has 5 heteroatoms. The van der Waals surface area contributed by atoms with E-state index in [0.717, 1.165) is 0 Å². The summed E-state index contributed by atoms with van der Waals surface area (Å²) in [5.74, 6) is -3.61. The summed E-state index contributed by atoms with van der Waals surface area (Å²) in [6.45, 7) is 1.76. The fourth-order valence-corrected chi connectivity index (χ4v) is 2.57. The van der Waals surface area contributed by atoms with Gasteiger partial charge >= 0.3 is 11.9 Å². The number of carbonyl (C=O) groups is 3. The van der Waals surface area contributed by atoms with E-state index in [1.54, 1.807) is 55.5 Å². The Morgan fingerprint density at radius 2 is 1.40 bits per heavy atom. The van der Waals surface area contributed by atoms with E-state index in [0.29, 0.717) is 17.5 Å². The highest BCUT2D eigenvalue weighted by Crippen LogP contribution is 2.26. The summed E-state index contributed by atoms with van der Waals surface area (Å²) in [5.41, 5.74) is 1.34. The van der Waals surface area contributed by atoms with Crippen molar-refractivity contribution in [3.63, 3.8) is 0 Å². The third kappa shape index (κ3) is 4.76. The van der Waals surface area contributed by atoms with E-state index < -0.39 is 29.7 Å². The Bertz CT molecular complexity index is 685. The molecule has 2 aromatic rings. The zero-order chi connectivity index (χ0) is 18.2. The van der Waals surface area contributed by atoms with E-state index in [4.69, 9.17) is 4.74 Å². The summed E-state index contributed by atoms with van der Waals surface area (Å²) in [7, 11) is 0. The molecule has 0 heterocycles. The number of carbonyl (C=O) groups excluding carboxylic acids is 2. The van der Waals surface area contributed by atoms with Crippen molar-refractivity contribution in [1.29, 1.82) is 0 Å². The lowest BCUT2D eigenvalue weighted by atomic mass is 9.91. The minimum absolute atomic E-state index is 0.0472. The second-order valence-corrected chi connectivity index (χ2v) is 5.63. The topological polar surface area (TPSA) is 80.7 Å². The van der Waals surface area contributed by atoms with Crippen LogP contribution in [0.15, 0.2) is 60.7 Å². The number of carboxylic acid groups (broad SMARTS) is 1. The Morgan fingerprint density at radius 1 is 0.920 bits per heavy atom. The Morgan fingerprint density at radius 3 is 1.80 bits per heavy atom. The van der Waals surface area contributed by atoms with Crippen LogP contribution in [0, 0.1) is 0 Å². The molecular weight excluding hydrogens is 320 g/mol. The van der Waals surface area contributed by atoms with Gasteiger partial charge < -0.3 is 9.84 Å². The van der Waals surface area contributed by atoms with E-state index in [-0.39, 0.29) is 6.42 Å². The molecule has 0 aliphatic carbocycles. The van der Waals surface area contributed by atoms with E-state index >= 15 is 0 Å². The minimum atomic E-state index is -1.78. The number of esters is 1. The summed E-state index contributed by atoms with van der Waals surface area (Å²) < 4.78 is 5.11. The van der Waals surface area contributed by atoms with E-state index in [2.05, 4.69) is 0 Å². The molecule has 0 aliphatic rings. The van der Waals surface area contributed by atoms with Gasteiger partial charge in [0.1, 0.15) is 5.92 Å². The molecule has 1 unspecified atom stereocenters. The molecule has 2 aromatic carbocycles. The maximum atomic E-state index is 12.7. The molecule has 5 nitrogen and oxygen atoms in total. The normalized spacial score (nSPS) is 11.8. The molecule has 2 rings (SSSR count). The number of benzene rings is 2. The number of hydrogen-bond donors (Lipinski definition) is 1.